The predicted octanol–water partition coefficient (Wildman–Crippen LogP) is 0.872. The van der Waals surface area contributed by atoms with Crippen LogP contribution in [0.5, 0.6) is 0 Å². The van der Waals surface area contributed by atoms with Gasteiger partial charge in [-0.05, 0) is 20.8 Å². The molecular weight excluding hydrogens is 258 g/mol. The lowest BCUT2D eigenvalue weighted by atomic mass is 10.1. The van der Waals surface area contributed by atoms with Crippen LogP contribution >= 0.6 is 0 Å². The van der Waals surface area contributed by atoms with Crippen LogP contribution in [0.15, 0.2) is 4.40 Å². The van der Waals surface area contributed by atoms with Gasteiger partial charge in [0.25, 0.3) is 0 Å². The molecule has 0 fully saturated rings. The molecule has 0 rings (SSSR count). The van der Waals surface area contributed by atoms with E-state index in [4.69, 9.17) is 0 Å². The molecule has 0 aliphatic rings. The molecule has 0 saturated carbocycles. The van der Waals surface area contributed by atoms with E-state index in [1.54, 1.807) is 20.8 Å². The highest BCUT2D eigenvalue weighted by molar-refractivity contribution is 7.91. The maximum atomic E-state index is 11.6. The fourth-order valence-corrected chi connectivity index (χ4v) is 1.49. The summed E-state index contributed by atoms with van der Waals surface area (Å²) in [5, 5.41) is 0. The van der Waals surface area contributed by atoms with Gasteiger partial charge in [0.05, 0.1) is 20.4 Å². The van der Waals surface area contributed by atoms with Gasteiger partial charge in [0.15, 0.2) is 5.92 Å². The van der Waals surface area contributed by atoms with Crippen molar-refractivity contribution >= 4 is 29.5 Å². The number of methoxy groups -OCH3 is 2. The van der Waals surface area contributed by atoms with E-state index >= 15 is 0 Å². The molecule has 0 N–H and O–H groups in total. The number of carbonyl (C=O) groups excluding carboxylic acids is 2. The predicted molar refractivity (Wildman–Crippen MR) is 68.5 cm³/mol. The largest absolute Gasteiger partial charge is 0.591 e. The molecule has 0 bridgehead atoms. The van der Waals surface area contributed by atoms with Crippen LogP contribution in [-0.4, -0.2) is 41.7 Å². The summed E-state index contributed by atoms with van der Waals surface area (Å²) >= 11 is -1.42. The summed E-state index contributed by atoms with van der Waals surface area (Å²) in [5.41, 5.74) is 0. The summed E-state index contributed by atoms with van der Waals surface area (Å²) in [4.78, 5) is 22.6. The minimum Gasteiger partial charge on any atom is -0.591 e. The molecular formula is C11H19NO5S. The van der Waals surface area contributed by atoms with E-state index in [0.717, 1.165) is 0 Å². The second kappa shape index (κ2) is 7.38. The van der Waals surface area contributed by atoms with E-state index < -0.39 is 34.0 Å². The van der Waals surface area contributed by atoms with Gasteiger partial charge in [-0.25, -0.2) is 0 Å². The summed E-state index contributed by atoms with van der Waals surface area (Å²) in [6.07, 6.45) is 1.29. The lowest BCUT2D eigenvalue weighted by Gasteiger charge is -2.18. The SMILES string of the molecule is COC(=O)C(CC=N[S+]([O-])C(C)(C)C)C(=O)OC. The average molecular weight is 277 g/mol. The lowest BCUT2D eigenvalue weighted by molar-refractivity contribution is -0.158. The Morgan fingerprint density at radius 3 is 2.06 bits per heavy atom. The fourth-order valence-electron chi connectivity index (χ4n) is 0.947. The third kappa shape index (κ3) is 5.50. The van der Waals surface area contributed by atoms with Crippen molar-refractivity contribution in [2.24, 2.45) is 10.3 Å². The van der Waals surface area contributed by atoms with Crippen molar-refractivity contribution in [1.29, 1.82) is 0 Å². The van der Waals surface area contributed by atoms with Crippen LogP contribution in [0.4, 0.5) is 0 Å². The van der Waals surface area contributed by atoms with Gasteiger partial charge in [-0.2, -0.15) is 0 Å². The van der Waals surface area contributed by atoms with Crippen LogP contribution in [0.2, 0.25) is 0 Å². The lowest BCUT2D eigenvalue weighted by Crippen LogP contribution is -2.28. The number of esters is 2. The van der Waals surface area contributed by atoms with Crippen LogP contribution in [0.1, 0.15) is 27.2 Å². The number of rotatable bonds is 5. The number of hydrogen-bond donors (Lipinski definition) is 0. The summed E-state index contributed by atoms with van der Waals surface area (Å²) < 4.78 is 23.9. The molecule has 0 aliphatic heterocycles. The summed E-state index contributed by atoms with van der Waals surface area (Å²) in [6.45, 7) is 5.33. The van der Waals surface area contributed by atoms with E-state index in [1.165, 1.54) is 20.4 Å². The standard InChI is InChI=1S/C11H19NO5S/c1-11(2,3)18(15)12-7-6-8(9(13)16-4)10(14)17-5/h7-8H,6H2,1-5H3. The Morgan fingerprint density at radius 1 is 1.28 bits per heavy atom. The molecule has 1 atom stereocenters. The van der Waals surface area contributed by atoms with Gasteiger partial charge in [0.2, 0.25) is 0 Å². The Hall–Kier alpha value is -1.08. The van der Waals surface area contributed by atoms with E-state index in [2.05, 4.69) is 13.9 Å². The van der Waals surface area contributed by atoms with Crippen molar-refractivity contribution in [3.8, 4) is 0 Å². The van der Waals surface area contributed by atoms with E-state index in [0.29, 0.717) is 0 Å². The van der Waals surface area contributed by atoms with Gasteiger partial charge in [-0.15, -0.1) is 0 Å². The first-order valence-electron chi connectivity index (χ1n) is 5.34. The van der Waals surface area contributed by atoms with Crippen molar-refractivity contribution in [3.05, 3.63) is 0 Å². The molecule has 0 aliphatic carbocycles. The Labute approximate surface area is 110 Å². The Morgan fingerprint density at radius 2 is 1.72 bits per heavy atom. The Bertz CT molecular complexity index is 308. The highest BCUT2D eigenvalue weighted by Gasteiger charge is 2.29. The number of nitrogens with zero attached hydrogens (tertiary/aromatic N) is 1. The highest BCUT2D eigenvalue weighted by Crippen LogP contribution is 2.17. The molecule has 0 radical (unpaired) electrons. The second-order valence-electron chi connectivity index (χ2n) is 4.48. The van der Waals surface area contributed by atoms with Gasteiger partial charge in [-0.3, -0.25) is 9.59 Å². The first-order valence-corrected chi connectivity index (χ1v) is 6.45. The highest BCUT2D eigenvalue weighted by atomic mass is 32.2. The van der Waals surface area contributed by atoms with Gasteiger partial charge < -0.3 is 14.0 Å². The molecule has 0 heterocycles. The summed E-state index contributed by atoms with van der Waals surface area (Å²) in [5.74, 6) is -2.47. The molecule has 6 nitrogen and oxygen atoms in total. The average Bonchev–Trinajstić information content (AvgIpc) is 2.31. The zero-order valence-electron chi connectivity index (χ0n) is 11.3. The second-order valence-corrected chi connectivity index (χ2v) is 6.42. The first kappa shape index (κ1) is 16.9. The minimum absolute atomic E-state index is 0.00116. The monoisotopic (exact) mass is 277 g/mol. The Kier molecular flexibility index (Phi) is 6.93. The summed E-state index contributed by atoms with van der Waals surface area (Å²) in [6, 6.07) is 0. The Balaban J connectivity index is 4.58. The molecule has 1 unspecified atom stereocenters. The molecule has 0 spiro atoms. The maximum Gasteiger partial charge on any atom is 0.320 e. The molecule has 7 heteroatoms. The zero-order chi connectivity index (χ0) is 14.3. The van der Waals surface area contributed by atoms with Crippen LogP contribution in [0, 0.1) is 5.92 Å². The van der Waals surface area contributed by atoms with Crippen molar-refractivity contribution in [2.45, 2.75) is 31.9 Å². The number of ether oxygens (including phenoxy) is 2. The maximum absolute atomic E-state index is 11.6. The molecule has 18 heavy (non-hydrogen) atoms. The quantitative estimate of drug-likeness (QED) is 0.322. The van der Waals surface area contributed by atoms with Gasteiger partial charge in [0.1, 0.15) is 16.1 Å². The van der Waals surface area contributed by atoms with Crippen LogP contribution in [0.25, 0.3) is 0 Å². The molecule has 0 amide bonds. The minimum atomic E-state index is -1.42. The molecule has 0 aromatic heterocycles. The molecule has 0 aromatic rings. The van der Waals surface area contributed by atoms with Gasteiger partial charge in [-0.1, -0.05) is 4.40 Å². The third-order valence-corrected chi connectivity index (χ3v) is 3.39. The first-order chi connectivity index (χ1) is 8.23. The normalized spacial score (nSPS) is 13.7. The van der Waals surface area contributed by atoms with Crippen LogP contribution in [0.3, 0.4) is 0 Å². The van der Waals surface area contributed by atoms with Gasteiger partial charge in [0, 0.05) is 6.42 Å². The molecule has 0 saturated heterocycles. The number of hydrogen-bond acceptors (Lipinski definition) is 6. The number of carbonyl (C=O) groups is 2. The smallest absolute Gasteiger partial charge is 0.320 e. The van der Waals surface area contributed by atoms with E-state index in [1.807, 2.05) is 0 Å². The van der Waals surface area contributed by atoms with Crippen molar-refractivity contribution < 1.29 is 23.6 Å². The van der Waals surface area contributed by atoms with E-state index in [9.17, 15) is 14.1 Å². The molecule has 0 aromatic carbocycles. The van der Waals surface area contributed by atoms with Crippen molar-refractivity contribution in [1.82, 2.24) is 0 Å². The van der Waals surface area contributed by atoms with Gasteiger partial charge >= 0.3 is 11.9 Å². The van der Waals surface area contributed by atoms with Crippen LogP contribution in [-0.2, 0) is 30.4 Å². The third-order valence-electron chi connectivity index (χ3n) is 2.01. The topological polar surface area (TPSA) is 88.0 Å². The van der Waals surface area contributed by atoms with Crippen molar-refractivity contribution in [3.63, 3.8) is 0 Å². The zero-order valence-corrected chi connectivity index (χ0v) is 12.1. The van der Waals surface area contributed by atoms with Crippen LogP contribution < -0.4 is 0 Å². The fraction of sp³-hybridized carbons (Fsp3) is 0.727. The summed E-state index contributed by atoms with van der Waals surface area (Å²) in [7, 11) is 2.37. The van der Waals surface area contributed by atoms with E-state index in [-0.39, 0.29) is 6.42 Å². The molecule has 104 valence electrons. The van der Waals surface area contributed by atoms with Crippen molar-refractivity contribution in [2.75, 3.05) is 14.2 Å².